The molecule has 0 N–H and O–H groups in total. The number of benzene rings is 1. The molecule has 0 radical (unpaired) electrons. The topological polar surface area (TPSA) is 17.1 Å². The number of carbonyl (C=O) groups is 1. The largest absolute Gasteiger partial charge is 0.298 e. The molecule has 1 aliphatic rings. The average Bonchev–Trinajstić information content (AvgIpc) is 2.46. The van der Waals surface area contributed by atoms with Gasteiger partial charge in [0.15, 0.2) is 0 Å². The van der Waals surface area contributed by atoms with Gasteiger partial charge < -0.3 is 0 Å². The van der Waals surface area contributed by atoms with Crippen molar-refractivity contribution in [3.05, 3.63) is 35.4 Å². The van der Waals surface area contributed by atoms with Crippen LogP contribution in [0.1, 0.15) is 74.7 Å². The fraction of sp³-hybridized carbons (Fsp3) is 0.632. The molecule has 0 aromatic heterocycles. The van der Waals surface area contributed by atoms with E-state index in [0.29, 0.717) is 5.92 Å². The van der Waals surface area contributed by atoms with E-state index in [1.54, 1.807) is 0 Å². The summed E-state index contributed by atoms with van der Waals surface area (Å²) in [6.07, 6.45) is 7.87. The zero-order valence-electron chi connectivity index (χ0n) is 13.1. The van der Waals surface area contributed by atoms with E-state index >= 15 is 0 Å². The summed E-state index contributed by atoms with van der Waals surface area (Å²) in [4.78, 5) is 10.7. The van der Waals surface area contributed by atoms with Crippen LogP contribution >= 0.6 is 0 Å². The molecule has 2 rings (SSSR count). The SMILES string of the molecule is CC(C)CC1CCCC(C(C)c2ccc(C=O)cc2)C1. The second-order valence-electron chi connectivity index (χ2n) is 7.00. The Balaban J connectivity index is 1.99. The van der Waals surface area contributed by atoms with Gasteiger partial charge in [-0.25, -0.2) is 0 Å². The van der Waals surface area contributed by atoms with Crippen molar-refractivity contribution in [1.29, 1.82) is 0 Å². The summed E-state index contributed by atoms with van der Waals surface area (Å²) in [6, 6.07) is 8.18. The van der Waals surface area contributed by atoms with Crippen LogP contribution in [-0.4, -0.2) is 6.29 Å². The van der Waals surface area contributed by atoms with Crippen molar-refractivity contribution in [3.8, 4) is 0 Å². The van der Waals surface area contributed by atoms with Gasteiger partial charge in [0.2, 0.25) is 0 Å². The van der Waals surface area contributed by atoms with Crippen LogP contribution < -0.4 is 0 Å². The van der Waals surface area contributed by atoms with E-state index < -0.39 is 0 Å². The molecule has 3 atom stereocenters. The zero-order valence-corrected chi connectivity index (χ0v) is 13.1. The first-order chi connectivity index (χ1) is 9.60. The smallest absolute Gasteiger partial charge is 0.150 e. The van der Waals surface area contributed by atoms with Crippen molar-refractivity contribution in [1.82, 2.24) is 0 Å². The molecule has 1 fully saturated rings. The van der Waals surface area contributed by atoms with Gasteiger partial charge in [-0.3, -0.25) is 4.79 Å². The number of aldehydes is 1. The molecule has 3 unspecified atom stereocenters. The van der Waals surface area contributed by atoms with Gasteiger partial charge in [0.1, 0.15) is 6.29 Å². The lowest BCUT2D eigenvalue weighted by Crippen LogP contribution is -2.21. The Kier molecular flexibility index (Phi) is 5.39. The van der Waals surface area contributed by atoms with Gasteiger partial charge in [0.05, 0.1) is 0 Å². The first kappa shape index (κ1) is 15.3. The molecule has 0 heterocycles. The van der Waals surface area contributed by atoms with Crippen LogP contribution in [0, 0.1) is 17.8 Å². The molecule has 0 saturated heterocycles. The highest BCUT2D eigenvalue weighted by molar-refractivity contribution is 5.74. The summed E-state index contributed by atoms with van der Waals surface area (Å²) >= 11 is 0. The van der Waals surface area contributed by atoms with Crippen LogP contribution in [0.2, 0.25) is 0 Å². The van der Waals surface area contributed by atoms with Crippen molar-refractivity contribution >= 4 is 6.29 Å². The highest BCUT2D eigenvalue weighted by Crippen LogP contribution is 2.40. The van der Waals surface area contributed by atoms with Crippen molar-refractivity contribution in [2.75, 3.05) is 0 Å². The van der Waals surface area contributed by atoms with Gasteiger partial charge in [-0.05, 0) is 48.5 Å². The molecule has 20 heavy (non-hydrogen) atoms. The number of hydrogen-bond donors (Lipinski definition) is 0. The lowest BCUT2D eigenvalue weighted by Gasteiger charge is -2.34. The minimum absolute atomic E-state index is 0.616. The van der Waals surface area contributed by atoms with Crippen molar-refractivity contribution in [2.24, 2.45) is 17.8 Å². The van der Waals surface area contributed by atoms with Gasteiger partial charge in [0.25, 0.3) is 0 Å². The monoisotopic (exact) mass is 272 g/mol. The van der Waals surface area contributed by atoms with Crippen LogP contribution in [0.3, 0.4) is 0 Å². The molecule has 0 amide bonds. The van der Waals surface area contributed by atoms with Crippen LogP contribution in [0.5, 0.6) is 0 Å². The highest BCUT2D eigenvalue weighted by Gasteiger charge is 2.27. The fourth-order valence-electron chi connectivity index (χ4n) is 3.82. The normalized spacial score (nSPS) is 24.6. The van der Waals surface area contributed by atoms with E-state index in [9.17, 15) is 4.79 Å². The standard InChI is InChI=1S/C19H28O/c1-14(2)11-17-5-4-6-19(12-17)15(3)18-9-7-16(13-20)8-10-18/h7-10,13-15,17,19H,4-6,11-12H2,1-3H3. The number of hydrogen-bond acceptors (Lipinski definition) is 1. The lowest BCUT2D eigenvalue weighted by atomic mass is 9.71. The molecular formula is C19H28O. The maximum absolute atomic E-state index is 10.7. The summed E-state index contributed by atoms with van der Waals surface area (Å²) < 4.78 is 0. The third-order valence-electron chi connectivity index (χ3n) is 4.93. The van der Waals surface area contributed by atoms with Gasteiger partial charge in [0, 0.05) is 5.56 Å². The van der Waals surface area contributed by atoms with Crippen molar-refractivity contribution < 1.29 is 4.79 Å². The first-order valence-corrected chi connectivity index (χ1v) is 8.15. The quantitative estimate of drug-likeness (QED) is 0.651. The predicted octanol–water partition coefficient (Wildman–Crippen LogP) is 5.46. The van der Waals surface area contributed by atoms with Gasteiger partial charge in [-0.2, -0.15) is 0 Å². The second kappa shape index (κ2) is 7.06. The Hall–Kier alpha value is -1.11. The summed E-state index contributed by atoms with van der Waals surface area (Å²) in [5.41, 5.74) is 2.17. The van der Waals surface area contributed by atoms with E-state index in [2.05, 4.69) is 32.9 Å². The molecule has 1 nitrogen and oxygen atoms in total. The Bertz CT molecular complexity index is 418. The summed E-state index contributed by atoms with van der Waals surface area (Å²) in [5.74, 6) is 3.17. The molecule has 0 aliphatic heterocycles. The molecule has 1 saturated carbocycles. The molecule has 1 aliphatic carbocycles. The maximum Gasteiger partial charge on any atom is 0.150 e. The Morgan fingerprint density at radius 1 is 1.15 bits per heavy atom. The Morgan fingerprint density at radius 3 is 2.45 bits per heavy atom. The number of rotatable bonds is 5. The summed E-state index contributed by atoms with van der Waals surface area (Å²) in [6.45, 7) is 7.04. The molecule has 0 spiro atoms. The zero-order chi connectivity index (χ0) is 14.5. The molecule has 1 heteroatoms. The third kappa shape index (κ3) is 3.94. The van der Waals surface area contributed by atoms with E-state index in [4.69, 9.17) is 0 Å². The van der Waals surface area contributed by atoms with Gasteiger partial charge in [-0.15, -0.1) is 0 Å². The van der Waals surface area contributed by atoms with Crippen molar-refractivity contribution in [2.45, 2.75) is 58.8 Å². The molecule has 1 aromatic rings. The van der Waals surface area contributed by atoms with Gasteiger partial charge >= 0.3 is 0 Å². The third-order valence-corrected chi connectivity index (χ3v) is 4.93. The minimum atomic E-state index is 0.616. The molecule has 0 bridgehead atoms. The van der Waals surface area contributed by atoms with E-state index in [1.807, 2.05) is 12.1 Å². The maximum atomic E-state index is 10.7. The summed E-state index contributed by atoms with van der Waals surface area (Å²) in [5, 5.41) is 0. The van der Waals surface area contributed by atoms with E-state index in [1.165, 1.54) is 37.7 Å². The molecule has 110 valence electrons. The van der Waals surface area contributed by atoms with Crippen LogP contribution in [0.4, 0.5) is 0 Å². The molecular weight excluding hydrogens is 244 g/mol. The number of carbonyl (C=O) groups excluding carboxylic acids is 1. The van der Waals surface area contributed by atoms with E-state index in [0.717, 1.165) is 29.6 Å². The minimum Gasteiger partial charge on any atom is -0.298 e. The Morgan fingerprint density at radius 2 is 1.85 bits per heavy atom. The van der Waals surface area contributed by atoms with Crippen molar-refractivity contribution in [3.63, 3.8) is 0 Å². The Labute approximate surface area is 123 Å². The van der Waals surface area contributed by atoms with Crippen LogP contribution in [0.15, 0.2) is 24.3 Å². The van der Waals surface area contributed by atoms with Crippen LogP contribution in [-0.2, 0) is 0 Å². The predicted molar refractivity (Wildman–Crippen MR) is 85.1 cm³/mol. The first-order valence-electron chi connectivity index (χ1n) is 8.15. The van der Waals surface area contributed by atoms with Gasteiger partial charge in [-0.1, -0.05) is 57.9 Å². The lowest BCUT2D eigenvalue weighted by molar-refractivity contribution is 0.112. The van der Waals surface area contributed by atoms with E-state index in [-0.39, 0.29) is 0 Å². The highest BCUT2D eigenvalue weighted by atomic mass is 16.1. The molecule has 1 aromatic carbocycles. The second-order valence-corrected chi connectivity index (χ2v) is 7.00. The van der Waals surface area contributed by atoms with Crippen LogP contribution in [0.25, 0.3) is 0 Å². The average molecular weight is 272 g/mol. The fourth-order valence-corrected chi connectivity index (χ4v) is 3.82. The summed E-state index contributed by atoms with van der Waals surface area (Å²) in [7, 11) is 0.